The maximum atomic E-state index is 11.8. The molecule has 0 amide bonds. The van der Waals surface area contributed by atoms with Crippen LogP contribution in [0.5, 0.6) is 0 Å². The van der Waals surface area contributed by atoms with Gasteiger partial charge >= 0.3 is 0 Å². The van der Waals surface area contributed by atoms with Gasteiger partial charge in [-0.05, 0) is 49.9 Å². The summed E-state index contributed by atoms with van der Waals surface area (Å²) < 4.78 is 23.7. The topological polar surface area (TPSA) is 37.4 Å². The van der Waals surface area contributed by atoms with Gasteiger partial charge in [0.15, 0.2) is 9.84 Å². The Kier molecular flexibility index (Phi) is 5.49. The average molecular weight is 360 g/mol. The third-order valence-corrected chi connectivity index (χ3v) is 6.19. The minimum absolute atomic E-state index is 0.155. The Morgan fingerprint density at radius 1 is 1.25 bits per heavy atom. The van der Waals surface area contributed by atoms with Crippen LogP contribution >= 0.6 is 15.9 Å². The van der Waals surface area contributed by atoms with Crippen molar-refractivity contribution >= 4 is 31.5 Å². The number of hydrogen-bond acceptors (Lipinski definition) is 3. The van der Waals surface area contributed by atoms with E-state index in [1.54, 1.807) is 19.1 Å². The molecule has 112 valence electrons. The van der Waals surface area contributed by atoms with Crippen LogP contribution in [0, 0.1) is 0 Å². The maximum Gasteiger partial charge on any atom is 0.178 e. The SMILES string of the molecule is CCS(=O)(=O)c1ccc(N2CCCCC2CCBr)cc1. The summed E-state index contributed by atoms with van der Waals surface area (Å²) >= 11 is 3.53. The highest BCUT2D eigenvalue weighted by Gasteiger charge is 2.22. The Hall–Kier alpha value is -0.550. The molecule has 0 spiro atoms. The van der Waals surface area contributed by atoms with Crippen molar-refractivity contribution in [2.75, 3.05) is 22.5 Å². The van der Waals surface area contributed by atoms with E-state index in [2.05, 4.69) is 20.8 Å². The number of nitrogens with zero attached hydrogens (tertiary/aromatic N) is 1. The van der Waals surface area contributed by atoms with Crippen molar-refractivity contribution in [2.45, 2.75) is 43.5 Å². The van der Waals surface area contributed by atoms with E-state index in [-0.39, 0.29) is 5.75 Å². The predicted molar refractivity (Wildman–Crippen MR) is 87.6 cm³/mol. The molecule has 1 atom stereocenters. The Labute approximate surface area is 130 Å². The van der Waals surface area contributed by atoms with E-state index in [0.29, 0.717) is 10.9 Å². The van der Waals surface area contributed by atoms with E-state index in [1.165, 1.54) is 19.3 Å². The number of rotatable bonds is 5. The van der Waals surface area contributed by atoms with Crippen LogP contribution in [0.2, 0.25) is 0 Å². The largest absolute Gasteiger partial charge is 0.369 e. The molecule has 0 bridgehead atoms. The van der Waals surface area contributed by atoms with E-state index < -0.39 is 9.84 Å². The molecule has 1 aliphatic rings. The first-order valence-electron chi connectivity index (χ1n) is 7.24. The third kappa shape index (κ3) is 3.55. The molecule has 1 saturated heterocycles. The number of benzene rings is 1. The van der Waals surface area contributed by atoms with E-state index in [4.69, 9.17) is 0 Å². The fourth-order valence-corrected chi connectivity index (χ4v) is 4.19. The number of piperidine rings is 1. The van der Waals surface area contributed by atoms with Crippen molar-refractivity contribution in [1.82, 2.24) is 0 Å². The highest BCUT2D eigenvalue weighted by molar-refractivity contribution is 9.09. The Balaban J connectivity index is 2.20. The Bertz CT molecular complexity index is 525. The Morgan fingerprint density at radius 2 is 1.95 bits per heavy atom. The van der Waals surface area contributed by atoms with Crippen LogP contribution in [0.3, 0.4) is 0 Å². The molecule has 2 rings (SSSR count). The summed E-state index contributed by atoms with van der Waals surface area (Å²) in [6.45, 7) is 2.75. The minimum atomic E-state index is -3.10. The minimum Gasteiger partial charge on any atom is -0.369 e. The van der Waals surface area contributed by atoms with E-state index in [1.807, 2.05) is 12.1 Å². The van der Waals surface area contributed by atoms with Crippen molar-refractivity contribution in [3.8, 4) is 0 Å². The quantitative estimate of drug-likeness (QED) is 0.753. The average Bonchev–Trinajstić information content (AvgIpc) is 2.48. The zero-order valence-corrected chi connectivity index (χ0v) is 14.3. The molecule has 0 N–H and O–H groups in total. The summed E-state index contributed by atoms with van der Waals surface area (Å²) in [6, 6.07) is 7.96. The number of alkyl halides is 1. The van der Waals surface area contributed by atoms with Crippen LogP contribution in [-0.4, -0.2) is 32.1 Å². The van der Waals surface area contributed by atoms with E-state index in [9.17, 15) is 8.42 Å². The summed E-state index contributed by atoms with van der Waals surface area (Å²) in [6.07, 6.45) is 4.86. The standard InChI is InChI=1S/C15H22BrNO2S/c1-2-20(18,19)15-8-6-14(7-9-15)17-12-4-3-5-13(17)10-11-16/h6-9,13H,2-5,10-12H2,1H3. The fourth-order valence-electron chi connectivity index (χ4n) is 2.78. The summed E-state index contributed by atoms with van der Waals surface area (Å²) in [5.41, 5.74) is 1.14. The Morgan fingerprint density at radius 3 is 2.55 bits per heavy atom. The summed E-state index contributed by atoms with van der Waals surface area (Å²) in [5.74, 6) is 0.155. The molecule has 0 aliphatic carbocycles. The third-order valence-electron chi connectivity index (χ3n) is 3.98. The molecule has 0 saturated carbocycles. The molecule has 1 aromatic carbocycles. The van der Waals surface area contributed by atoms with Crippen LogP contribution in [-0.2, 0) is 9.84 Å². The number of hydrogen-bond donors (Lipinski definition) is 0. The lowest BCUT2D eigenvalue weighted by Crippen LogP contribution is -2.39. The lowest BCUT2D eigenvalue weighted by Gasteiger charge is -2.37. The van der Waals surface area contributed by atoms with Gasteiger partial charge in [0.2, 0.25) is 0 Å². The summed E-state index contributed by atoms with van der Waals surface area (Å²) in [4.78, 5) is 2.85. The molecule has 1 fully saturated rings. The number of halogens is 1. The first-order chi connectivity index (χ1) is 9.58. The van der Waals surface area contributed by atoms with Crippen molar-refractivity contribution in [3.63, 3.8) is 0 Å². The van der Waals surface area contributed by atoms with Crippen LogP contribution < -0.4 is 4.90 Å². The van der Waals surface area contributed by atoms with Gasteiger partial charge in [-0.25, -0.2) is 8.42 Å². The second kappa shape index (κ2) is 6.94. The molecule has 3 nitrogen and oxygen atoms in total. The van der Waals surface area contributed by atoms with Gasteiger partial charge in [-0.2, -0.15) is 0 Å². The maximum absolute atomic E-state index is 11.8. The molecule has 1 aromatic rings. The zero-order valence-electron chi connectivity index (χ0n) is 11.9. The molecular formula is C15H22BrNO2S. The van der Waals surface area contributed by atoms with Gasteiger partial charge < -0.3 is 4.90 Å². The van der Waals surface area contributed by atoms with Crippen molar-refractivity contribution < 1.29 is 8.42 Å². The second-order valence-electron chi connectivity index (χ2n) is 5.22. The first kappa shape index (κ1) is 15.8. The van der Waals surface area contributed by atoms with Gasteiger partial charge in [0.1, 0.15) is 0 Å². The molecular weight excluding hydrogens is 338 g/mol. The highest BCUT2D eigenvalue weighted by atomic mass is 79.9. The summed E-state index contributed by atoms with van der Waals surface area (Å²) in [7, 11) is -3.10. The van der Waals surface area contributed by atoms with Crippen LogP contribution in [0.15, 0.2) is 29.2 Å². The van der Waals surface area contributed by atoms with Gasteiger partial charge in [0.05, 0.1) is 10.6 Å². The lowest BCUT2D eigenvalue weighted by molar-refractivity contribution is 0.452. The second-order valence-corrected chi connectivity index (χ2v) is 8.29. The van der Waals surface area contributed by atoms with Crippen molar-refractivity contribution in [1.29, 1.82) is 0 Å². The van der Waals surface area contributed by atoms with Gasteiger partial charge in [-0.1, -0.05) is 22.9 Å². The lowest BCUT2D eigenvalue weighted by atomic mass is 9.99. The number of anilines is 1. The molecule has 20 heavy (non-hydrogen) atoms. The van der Waals surface area contributed by atoms with Gasteiger partial charge in [-0.15, -0.1) is 0 Å². The van der Waals surface area contributed by atoms with Crippen LogP contribution in [0.4, 0.5) is 5.69 Å². The van der Waals surface area contributed by atoms with Gasteiger partial charge in [0, 0.05) is 23.6 Å². The monoisotopic (exact) mass is 359 g/mol. The van der Waals surface area contributed by atoms with Crippen molar-refractivity contribution in [2.24, 2.45) is 0 Å². The van der Waals surface area contributed by atoms with Gasteiger partial charge in [-0.3, -0.25) is 0 Å². The molecule has 5 heteroatoms. The van der Waals surface area contributed by atoms with Crippen molar-refractivity contribution in [3.05, 3.63) is 24.3 Å². The normalized spacial score (nSPS) is 20.1. The highest BCUT2D eigenvalue weighted by Crippen LogP contribution is 2.28. The molecule has 1 heterocycles. The molecule has 1 unspecified atom stereocenters. The van der Waals surface area contributed by atoms with Gasteiger partial charge in [0.25, 0.3) is 0 Å². The number of sulfone groups is 1. The predicted octanol–water partition coefficient (Wildman–Crippen LogP) is 3.62. The van der Waals surface area contributed by atoms with Crippen LogP contribution in [0.25, 0.3) is 0 Å². The first-order valence-corrected chi connectivity index (χ1v) is 10.0. The smallest absolute Gasteiger partial charge is 0.178 e. The molecule has 0 radical (unpaired) electrons. The summed E-state index contributed by atoms with van der Waals surface area (Å²) in [5, 5.41) is 1.01. The van der Waals surface area contributed by atoms with Crippen LogP contribution in [0.1, 0.15) is 32.6 Å². The molecule has 1 aliphatic heterocycles. The zero-order chi connectivity index (χ0) is 14.6. The van der Waals surface area contributed by atoms with E-state index >= 15 is 0 Å². The molecule has 0 aromatic heterocycles. The van der Waals surface area contributed by atoms with E-state index in [0.717, 1.165) is 24.0 Å². The fraction of sp³-hybridized carbons (Fsp3) is 0.600.